The molecule has 16 heavy (non-hydrogen) atoms. The number of ether oxygens (including phenoxy) is 3. The van der Waals surface area contributed by atoms with Crippen LogP contribution >= 0.6 is 0 Å². The van der Waals surface area contributed by atoms with E-state index in [0.717, 1.165) is 0 Å². The van der Waals surface area contributed by atoms with Crippen LogP contribution in [0.4, 0.5) is 0 Å². The molecule has 2 heterocycles. The highest BCUT2D eigenvalue weighted by molar-refractivity contribution is 5.17. The van der Waals surface area contributed by atoms with Gasteiger partial charge < -0.3 is 19.9 Å². The summed E-state index contributed by atoms with van der Waals surface area (Å²) < 4.78 is 16.8. The van der Waals surface area contributed by atoms with E-state index in [-0.39, 0.29) is 24.0 Å². The second kappa shape index (κ2) is 4.58. The molecule has 0 bridgehead atoms. The average Bonchev–Trinajstić information content (AvgIpc) is 2.85. The van der Waals surface area contributed by atoms with Gasteiger partial charge in [-0.3, -0.25) is 5.32 Å². The Balaban J connectivity index is 1.59. The smallest absolute Gasteiger partial charge is 0.164 e. The summed E-state index contributed by atoms with van der Waals surface area (Å²) in [5.74, 6) is 0. The van der Waals surface area contributed by atoms with Gasteiger partial charge in [-0.1, -0.05) is 0 Å². The molecule has 5 heteroatoms. The molecule has 3 N–H and O–H groups in total. The fourth-order valence-electron chi connectivity index (χ4n) is 2.24. The largest absolute Gasteiger partial charge is 0.377 e. The summed E-state index contributed by atoms with van der Waals surface area (Å²) in [6.45, 7) is 7.84. The molecule has 2 fully saturated rings. The lowest BCUT2D eigenvalue weighted by molar-refractivity contribution is -0.259. The summed E-state index contributed by atoms with van der Waals surface area (Å²) in [7, 11) is 0. The number of nitrogens with one attached hydrogen (secondary N) is 1. The average molecular weight is 230 g/mol. The summed E-state index contributed by atoms with van der Waals surface area (Å²) >= 11 is 0. The van der Waals surface area contributed by atoms with Gasteiger partial charge in [0.05, 0.1) is 32.0 Å². The van der Waals surface area contributed by atoms with Gasteiger partial charge in [0, 0.05) is 6.04 Å². The van der Waals surface area contributed by atoms with E-state index in [4.69, 9.17) is 19.9 Å². The number of nitrogens with two attached hydrogens (primary N) is 1. The van der Waals surface area contributed by atoms with Crippen molar-refractivity contribution < 1.29 is 14.2 Å². The first-order valence-electron chi connectivity index (χ1n) is 5.96. The molecular weight excluding hydrogens is 208 g/mol. The predicted octanol–water partition coefficient (Wildman–Crippen LogP) is -0.158. The van der Waals surface area contributed by atoms with E-state index < -0.39 is 0 Å². The van der Waals surface area contributed by atoms with E-state index >= 15 is 0 Å². The molecule has 0 aromatic rings. The molecule has 5 unspecified atom stereocenters. The first kappa shape index (κ1) is 12.3. The van der Waals surface area contributed by atoms with Gasteiger partial charge in [0.1, 0.15) is 6.10 Å². The fourth-order valence-corrected chi connectivity index (χ4v) is 2.24. The molecule has 0 aliphatic carbocycles. The molecule has 2 aliphatic rings. The van der Waals surface area contributed by atoms with E-state index in [0.29, 0.717) is 25.9 Å². The zero-order valence-corrected chi connectivity index (χ0v) is 10.2. The van der Waals surface area contributed by atoms with Crippen molar-refractivity contribution in [3.05, 3.63) is 0 Å². The Morgan fingerprint density at radius 3 is 2.62 bits per heavy atom. The van der Waals surface area contributed by atoms with Crippen molar-refractivity contribution >= 4 is 0 Å². The predicted molar refractivity (Wildman–Crippen MR) is 60.1 cm³/mol. The highest BCUT2D eigenvalue weighted by atomic mass is 16.6. The second-order valence-corrected chi connectivity index (χ2v) is 4.83. The highest BCUT2D eigenvalue weighted by Crippen LogP contribution is 2.45. The van der Waals surface area contributed by atoms with Crippen molar-refractivity contribution in [3.8, 4) is 0 Å². The van der Waals surface area contributed by atoms with E-state index in [1.165, 1.54) is 0 Å². The zero-order chi connectivity index (χ0) is 11.8. The van der Waals surface area contributed by atoms with Crippen molar-refractivity contribution in [2.75, 3.05) is 19.8 Å². The molecule has 2 rings (SSSR count). The summed E-state index contributed by atoms with van der Waals surface area (Å²) in [6, 6.07) is 0.487. The molecule has 0 aromatic carbocycles. The van der Waals surface area contributed by atoms with E-state index in [1.807, 2.05) is 13.8 Å². The minimum absolute atomic E-state index is 0.0856. The fraction of sp³-hybridized carbons (Fsp3) is 1.00. The molecule has 2 saturated heterocycles. The summed E-state index contributed by atoms with van der Waals surface area (Å²) in [4.78, 5) is 0. The first-order chi connectivity index (χ1) is 7.56. The van der Waals surface area contributed by atoms with Crippen LogP contribution in [0.15, 0.2) is 0 Å². The van der Waals surface area contributed by atoms with Crippen LogP contribution in [-0.4, -0.2) is 49.8 Å². The summed E-state index contributed by atoms with van der Waals surface area (Å²) in [6.07, 6.45) is 0.326. The topological polar surface area (TPSA) is 75.7 Å². The maximum atomic E-state index is 5.77. The molecule has 5 nitrogen and oxygen atoms in total. The van der Waals surface area contributed by atoms with Crippen molar-refractivity contribution in [1.29, 1.82) is 0 Å². The molecular formula is C11H22N2O3. The van der Waals surface area contributed by atoms with Crippen molar-refractivity contribution in [1.82, 2.24) is 5.32 Å². The third kappa shape index (κ3) is 2.24. The van der Waals surface area contributed by atoms with Gasteiger partial charge in [-0.25, -0.2) is 0 Å². The van der Waals surface area contributed by atoms with E-state index in [2.05, 4.69) is 12.2 Å². The van der Waals surface area contributed by atoms with Gasteiger partial charge >= 0.3 is 0 Å². The molecule has 94 valence electrons. The van der Waals surface area contributed by atoms with Crippen LogP contribution in [0.2, 0.25) is 0 Å². The van der Waals surface area contributed by atoms with Gasteiger partial charge in [-0.15, -0.1) is 0 Å². The quantitative estimate of drug-likeness (QED) is 0.490. The van der Waals surface area contributed by atoms with Gasteiger partial charge in [-0.05, 0) is 20.8 Å². The minimum atomic E-state index is -0.194. The van der Waals surface area contributed by atoms with Crippen LogP contribution in [0.25, 0.3) is 0 Å². The highest BCUT2D eigenvalue weighted by Gasteiger charge is 2.68. The maximum Gasteiger partial charge on any atom is 0.164 e. The van der Waals surface area contributed by atoms with Gasteiger partial charge in [-0.2, -0.15) is 0 Å². The lowest BCUT2D eigenvalue weighted by Crippen LogP contribution is -2.59. The van der Waals surface area contributed by atoms with Crippen molar-refractivity contribution in [2.24, 2.45) is 5.73 Å². The Morgan fingerprint density at radius 1 is 1.44 bits per heavy atom. The molecule has 0 aromatic heterocycles. The lowest BCUT2D eigenvalue weighted by atomic mass is 9.99. The lowest BCUT2D eigenvalue weighted by Gasteiger charge is -2.42. The summed E-state index contributed by atoms with van der Waals surface area (Å²) in [5, 5.41) is 3.28. The van der Waals surface area contributed by atoms with Gasteiger partial charge in [0.25, 0.3) is 0 Å². The monoisotopic (exact) mass is 230 g/mol. The Labute approximate surface area is 96.6 Å². The van der Waals surface area contributed by atoms with E-state index in [9.17, 15) is 0 Å². The zero-order valence-electron chi connectivity index (χ0n) is 10.2. The number of hydrogen-bond acceptors (Lipinski definition) is 5. The normalized spacial score (nSPS) is 43.1. The van der Waals surface area contributed by atoms with Crippen LogP contribution in [-0.2, 0) is 14.2 Å². The maximum absolute atomic E-state index is 5.77. The molecule has 1 spiro atoms. The molecule has 0 amide bonds. The third-order valence-electron chi connectivity index (χ3n) is 3.14. The molecule has 5 atom stereocenters. The Hall–Kier alpha value is -0.200. The number of hydrogen-bond donors (Lipinski definition) is 2. The molecule has 0 saturated carbocycles. The minimum Gasteiger partial charge on any atom is -0.377 e. The Morgan fingerprint density at radius 2 is 2.12 bits per heavy atom. The van der Waals surface area contributed by atoms with Crippen molar-refractivity contribution in [3.63, 3.8) is 0 Å². The standard InChI is InChI=1S/C11H22N2O3/c1-7(12)6-14-4-5-15-10-8(2)16-11(10)9(3)13-11/h7-10,13H,4-6,12H2,1-3H3. The van der Waals surface area contributed by atoms with Crippen LogP contribution < -0.4 is 11.1 Å². The number of rotatable bonds is 6. The first-order valence-corrected chi connectivity index (χ1v) is 5.96. The Bertz CT molecular complexity index is 249. The van der Waals surface area contributed by atoms with Crippen LogP contribution in [0, 0.1) is 0 Å². The summed E-state index contributed by atoms with van der Waals surface area (Å²) in [5.41, 5.74) is 5.38. The third-order valence-corrected chi connectivity index (χ3v) is 3.14. The van der Waals surface area contributed by atoms with Crippen LogP contribution in [0.3, 0.4) is 0 Å². The SMILES string of the molecule is CC(N)COCCOC1C(C)OC12NC2C. The second-order valence-electron chi connectivity index (χ2n) is 4.83. The van der Waals surface area contributed by atoms with Gasteiger partial charge in [0.15, 0.2) is 5.72 Å². The molecule has 2 aliphatic heterocycles. The van der Waals surface area contributed by atoms with Crippen molar-refractivity contribution in [2.45, 2.75) is 50.8 Å². The van der Waals surface area contributed by atoms with Crippen LogP contribution in [0.1, 0.15) is 20.8 Å². The Kier molecular flexibility index (Phi) is 3.51. The molecule has 0 radical (unpaired) electrons. The van der Waals surface area contributed by atoms with E-state index in [1.54, 1.807) is 0 Å². The van der Waals surface area contributed by atoms with Crippen LogP contribution in [0.5, 0.6) is 0 Å². The van der Waals surface area contributed by atoms with Gasteiger partial charge in [0.2, 0.25) is 0 Å².